The molecular formula is C16H23NO3S. The van der Waals surface area contributed by atoms with E-state index >= 15 is 0 Å². The highest BCUT2D eigenvalue weighted by Crippen LogP contribution is 2.45. The van der Waals surface area contributed by atoms with E-state index in [0.717, 1.165) is 36.8 Å². The minimum absolute atomic E-state index is 0.104. The number of sulfonamides is 1. The summed E-state index contributed by atoms with van der Waals surface area (Å²) in [6, 6.07) is 3.54. The lowest BCUT2D eigenvalue weighted by Gasteiger charge is -2.19. The van der Waals surface area contributed by atoms with Gasteiger partial charge in [-0.3, -0.25) is 0 Å². The molecule has 2 aliphatic carbocycles. The lowest BCUT2D eigenvalue weighted by molar-refractivity contribution is 0.281. The Morgan fingerprint density at radius 1 is 1.19 bits per heavy atom. The molecule has 0 saturated heterocycles. The van der Waals surface area contributed by atoms with Crippen molar-refractivity contribution in [3.8, 4) is 0 Å². The zero-order valence-electron chi connectivity index (χ0n) is 12.6. The van der Waals surface area contributed by atoms with Gasteiger partial charge in [-0.15, -0.1) is 0 Å². The second-order valence-corrected chi connectivity index (χ2v) is 8.20. The summed E-state index contributed by atoms with van der Waals surface area (Å²) in [6.07, 6.45) is 4.55. The van der Waals surface area contributed by atoms with Crippen molar-refractivity contribution in [2.75, 3.05) is 0 Å². The van der Waals surface area contributed by atoms with E-state index in [1.165, 1.54) is 0 Å². The molecule has 2 saturated carbocycles. The third kappa shape index (κ3) is 3.15. The first kappa shape index (κ1) is 15.0. The van der Waals surface area contributed by atoms with Gasteiger partial charge < -0.3 is 5.11 Å². The Bertz CT molecular complexity index is 634. The molecule has 4 nitrogen and oxygen atoms in total. The van der Waals surface area contributed by atoms with E-state index in [0.29, 0.717) is 22.3 Å². The molecule has 0 aliphatic heterocycles. The lowest BCUT2D eigenvalue weighted by Crippen LogP contribution is -2.38. The Hall–Kier alpha value is -0.910. The van der Waals surface area contributed by atoms with Crippen LogP contribution in [-0.4, -0.2) is 19.6 Å². The van der Waals surface area contributed by atoms with Crippen LogP contribution in [0.2, 0.25) is 0 Å². The second kappa shape index (κ2) is 5.38. The van der Waals surface area contributed by atoms with E-state index in [1.54, 1.807) is 6.07 Å². The van der Waals surface area contributed by atoms with Gasteiger partial charge in [0.15, 0.2) is 0 Å². The number of aliphatic hydroxyl groups is 1. The minimum Gasteiger partial charge on any atom is -0.392 e. The maximum Gasteiger partial charge on any atom is 0.241 e. The first-order valence-corrected chi connectivity index (χ1v) is 9.14. The SMILES string of the molecule is Cc1cc(CO)cc(S(=O)(=O)NC(C2CC2)C2CC2)c1C. The molecule has 3 rings (SSSR count). The van der Waals surface area contributed by atoms with Crippen LogP contribution in [0.3, 0.4) is 0 Å². The molecule has 5 heteroatoms. The molecular weight excluding hydrogens is 286 g/mol. The monoisotopic (exact) mass is 309 g/mol. The first-order valence-electron chi connectivity index (χ1n) is 7.65. The summed E-state index contributed by atoms with van der Waals surface area (Å²) in [5, 5.41) is 9.31. The predicted octanol–water partition coefficient (Wildman–Crippen LogP) is 2.26. The topological polar surface area (TPSA) is 66.4 Å². The Morgan fingerprint density at radius 2 is 1.76 bits per heavy atom. The summed E-state index contributed by atoms with van der Waals surface area (Å²) in [5.41, 5.74) is 2.31. The van der Waals surface area contributed by atoms with Crippen molar-refractivity contribution in [2.45, 2.75) is 57.1 Å². The largest absolute Gasteiger partial charge is 0.392 e. The summed E-state index contributed by atoms with van der Waals surface area (Å²) in [6.45, 7) is 3.57. The van der Waals surface area contributed by atoms with Crippen LogP contribution in [0.25, 0.3) is 0 Å². The molecule has 0 radical (unpaired) electrons. The molecule has 0 unspecified atom stereocenters. The number of rotatable bonds is 6. The van der Waals surface area contributed by atoms with Crippen LogP contribution in [0.1, 0.15) is 42.4 Å². The van der Waals surface area contributed by atoms with Gasteiger partial charge in [-0.05, 0) is 74.1 Å². The first-order chi connectivity index (χ1) is 9.92. The van der Waals surface area contributed by atoms with Crippen LogP contribution in [0.4, 0.5) is 0 Å². The van der Waals surface area contributed by atoms with Gasteiger partial charge >= 0.3 is 0 Å². The Balaban J connectivity index is 1.92. The maximum atomic E-state index is 12.8. The average Bonchev–Trinajstić information content (AvgIpc) is 3.30. The molecule has 116 valence electrons. The van der Waals surface area contributed by atoms with Crippen LogP contribution in [0.5, 0.6) is 0 Å². The molecule has 0 atom stereocenters. The normalized spacial score (nSPS) is 19.2. The number of benzene rings is 1. The number of hydrogen-bond donors (Lipinski definition) is 2. The van der Waals surface area contributed by atoms with Gasteiger partial charge in [0.1, 0.15) is 0 Å². The summed E-state index contributed by atoms with van der Waals surface area (Å²) in [4.78, 5) is 0.317. The van der Waals surface area contributed by atoms with E-state index in [2.05, 4.69) is 4.72 Å². The maximum absolute atomic E-state index is 12.8. The van der Waals surface area contributed by atoms with Crippen molar-refractivity contribution in [1.29, 1.82) is 0 Å². The number of hydrogen-bond acceptors (Lipinski definition) is 3. The second-order valence-electron chi connectivity index (χ2n) is 6.52. The fraction of sp³-hybridized carbons (Fsp3) is 0.625. The lowest BCUT2D eigenvalue weighted by atomic mass is 10.1. The van der Waals surface area contributed by atoms with E-state index < -0.39 is 10.0 Å². The average molecular weight is 309 g/mol. The standard InChI is InChI=1S/C16H23NO3S/c1-10-7-12(9-18)8-15(11(10)2)21(19,20)17-16(13-3-4-13)14-5-6-14/h7-8,13-14,16-18H,3-6,9H2,1-2H3. The Labute approximate surface area is 126 Å². The molecule has 21 heavy (non-hydrogen) atoms. The quantitative estimate of drug-likeness (QED) is 0.847. The van der Waals surface area contributed by atoms with Gasteiger partial charge in [0, 0.05) is 6.04 Å². The van der Waals surface area contributed by atoms with Gasteiger partial charge in [-0.1, -0.05) is 6.07 Å². The van der Waals surface area contributed by atoms with Gasteiger partial charge in [0.25, 0.3) is 0 Å². The van der Waals surface area contributed by atoms with Crippen LogP contribution in [-0.2, 0) is 16.6 Å². The van der Waals surface area contributed by atoms with Gasteiger partial charge in [-0.25, -0.2) is 13.1 Å². The zero-order chi connectivity index (χ0) is 15.2. The van der Waals surface area contributed by atoms with Crippen LogP contribution in [0.15, 0.2) is 17.0 Å². The van der Waals surface area contributed by atoms with Crippen LogP contribution in [0, 0.1) is 25.7 Å². The van der Waals surface area contributed by atoms with Crippen LogP contribution < -0.4 is 4.72 Å². The Kier molecular flexibility index (Phi) is 3.84. The fourth-order valence-electron chi connectivity index (χ4n) is 3.00. The van der Waals surface area contributed by atoms with E-state index in [4.69, 9.17) is 0 Å². The van der Waals surface area contributed by atoms with E-state index in [1.807, 2.05) is 19.9 Å². The summed E-state index contributed by atoms with van der Waals surface area (Å²) < 4.78 is 28.5. The molecule has 0 amide bonds. The third-order valence-electron chi connectivity index (χ3n) is 4.70. The van der Waals surface area contributed by atoms with E-state index in [-0.39, 0.29) is 12.6 Å². The molecule has 1 aromatic carbocycles. The number of aliphatic hydroxyl groups excluding tert-OH is 1. The minimum atomic E-state index is -3.52. The molecule has 1 aromatic rings. The summed E-state index contributed by atoms with van der Waals surface area (Å²) in [5.74, 6) is 1.05. The molecule has 0 heterocycles. The fourth-order valence-corrected chi connectivity index (χ4v) is 4.74. The molecule has 0 bridgehead atoms. The van der Waals surface area contributed by atoms with Crippen LogP contribution >= 0.6 is 0 Å². The summed E-state index contributed by atoms with van der Waals surface area (Å²) in [7, 11) is -3.52. The molecule has 2 fully saturated rings. The van der Waals surface area contributed by atoms with Crippen molar-refractivity contribution < 1.29 is 13.5 Å². The van der Waals surface area contributed by atoms with Gasteiger partial charge in [0.05, 0.1) is 11.5 Å². The highest BCUT2D eigenvalue weighted by molar-refractivity contribution is 7.89. The smallest absolute Gasteiger partial charge is 0.241 e. The molecule has 0 aromatic heterocycles. The highest BCUT2D eigenvalue weighted by atomic mass is 32.2. The van der Waals surface area contributed by atoms with Crippen molar-refractivity contribution in [3.05, 3.63) is 28.8 Å². The molecule has 2 N–H and O–H groups in total. The third-order valence-corrected chi connectivity index (χ3v) is 6.29. The summed E-state index contributed by atoms with van der Waals surface area (Å²) >= 11 is 0. The number of nitrogens with one attached hydrogen (secondary N) is 1. The predicted molar refractivity (Wildman–Crippen MR) is 81.4 cm³/mol. The van der Waals surface area contributed by atoms with Gasteiger partial charge in [-0.2, -0.15) is 0 Å². The highest BCUT2D eigenvalue weighted by Gasteiger charge is 2.43. The Morgan fingerprint density at radius 3 is 2.24 bits per heavy atom. The van der Waals surface area contributed by atoms with Crippen molar-refractivity contribution >= 4 is 10.0 Å². The van der Waals surface area contributed by atoms with Crippen molar-refractivity contribution in [3.63, 3.8) is 0 Å². The van der Waals surface area contributed by atoms with Gasteiger partial charge in [0.2, 0.25) is 10.0 Å². The number of aryl methyl sites for hydroxylation is 1. The van der Waals surface area contributed by atoms with E-state index in [9.17, 15) is 13.5 Å². The van der Waals surface area contributed by atoms with Crippen molar-refractivity contribution in [2.24, 2.45) is 11.8 Å². The zero-order valence-corrected chi connectivity index (χ0v) is 13.4. The van der Waals surface area contributed by atoms with Crippen molar-refractivity contribution in [1.82, 2.24) is 4.72 Å². The molecule has 0 spiro atoms. The molecule has 2 aliphatic rings.